The molecule has 1 aromatic rings. The topological polar surface area (TPSA) is 75.7 Å². The van der Waals surface area contributed by atoms with E-state index in [4.69, 9.17) is 4.74 Å². The minimum absolute atomic E-state index is 0.0496. The van der Waals surface area contributed by atoms with E-state index in [1.165, 1.54) is 5.56 Å². The molecule has 0 aliphatic carbocycles. The van der Waals surface area contributed by atoms with Gasteiger partial charge in [-0.1, -0.05) is 25.5 Å². The predicted molar refractivity (Wildman–Crippen MR) is 93.9 cm³/mol. The van der Waals surface area contributed by atoms with Crippen LogP contribution in [0.1, 0.15) is 32.3 Å². The lowest BCUT2D eigenvalue weighted by Gasteiger charge is -2.26. The third-order valence-corrected chi connectivity index (χ3v) is 5.93. The molecule has 24 heavy (non-hydrogen) atoms. The second-order valence-corrected chi connectivity index (χ2v) is 8.24. The Balaban J connectivity index is 1.81. The first-order valence-corrected chi connectivity index (χ1v) is 10.2. The summed E-state index contributed by atoms with van der Waals surface area (Å²) in [4.78, 5) is 13.8. The van der Waals surface area contributed by atoms with E-state index in [1.807, 2.05) is 31.2 Å². The lowest BCUT2D eigenvalue weighted by molar-refractivity contribution is 0.172. The zero-order chi connectivity index (χ0) is 17.6. The van der Waals surface area contributed by atoms with Crippen molar-refractivity contribution in [2.45, 2.75) is 39.2 Å². The zero-order valence-corrected chi connectivity index (χ0v) is 15.1. The molecule has 1 atom stereocenters. The molecule has 134 valence electrons. The number of nitrogens with zero attached hydrogens (tertiary/aromatic N) is 1. The van der Waals surface area contributed by atoms with Crippen molar-refractivity contribution in [3.8, 4) is 5.75 Å². The number of sulfone groups is 1. The maximum absolute atomic E-state index is 12.2. The predicted octanol–water partition coefficient (Wildman–Crippen LogP) is 2.19. The standard InChI is InChI=1S/C17H26N2O4S/c1-3-5-14-6-8-16(9-7-14)23-13-18-17(20)19(4-2)15-10-11-24(21,22)12-15/h6-9,15H,3-5,10-13H2,1-2H3,(H,18,20). The van der Waals surface area contributed by atoms with Gasteiger partial charge in [0.25, 0.3) is 0 Å². The number of carbonyl (C=O) groups is 1. The van der Waals surface area contributed by atoms with Crippen molar-refractivity contribution < 1.29 is 17.9 Å². The molecule has 0 spiro atoms. The molecule has 1 heterocycles. The first-order chi connectivity index (χ1) is 11.4. The highest BCUT2D eigenvalue weighted by Crippen LogP contribution is 2.18. The molecule has 0 aromatic heterocycles. The maximum Gasteiger partial charge on any atom is 0.320 e. The minimum atomic E-state index is -3.01. The van der Waals surface area contributed by atoms with Crippen LogP contribution in [0.15, 0.2) is 24.3 Å². The fourth-order valence-electron chi connectivity index (χ4n) is 2.91. The largest absolute Gasteiger partial charge is 0.473 e. The molecule has 0 radical (unpaired) electrons. The lowest BCUT2D eigenvalue weighted by Crippen LogP contribution is -2.47. The molecule has 1 unspecified atom stereocenters. The SMILES string of the molecule is CCCc1ccc(OCNC(=O)N(CC)C2CCS(=O)(=O)C2)cc1. The van der Waals surface area contributed by atoms with E-state index in [1.54, 1.807) is 4.90 Å². The van der Waals surface area contributed by atoms with Gasteiger partial charge in [0.05, 0.1) is 11.5 Å². The number of amides is 2. The van der Waals surface area contributed by atoms with E-state index in [2.05, 4.69) is 12.2 Å². The summed E-state index contributed by atoms with van der Waals surface area (Å²) in [5.74, 6) is 0.900. The molecule has 7 heteroatoms. The van der Waals surface area contributed by atoms with Crippen molar-refractivity contribution in [1.29, 1.82) is 0 Å². The zero-order valence-electron chi connectivity index (χ0n) is 14.3. The number of benzene rings is 1. The average molecular weight is 354 g/mol. The van der Waals surface area contributed by atoms with Gasteiger partial charge in [0.1, 0.15) is 5.75 Å². The van der Waals surface area contributed by atoms with E-state index in [-0.39, 0.29) is 30.3 Å². The molecule has 1 aliphatic heterocycles. The van der Waals surface area contributed by atoms with Crippen molar-refractivity contribution in [2.75, 3.05) is 24.8 Å². The van der Waals surface area contributed by atoms with Gasteiger partial charge in [-0.15, -0.1) is 0 Å². The Hall–Kier alpha value is -1.76. The normalized spacial score (nSPS) is 19.0. The van der Waals surface area contributed by atoms with Crippen molar-refractivity contribution in [3.63, 3.8) is 0 Å². The Kier molecular flexibility index (Phi) is 6.48. The summed E-state index contributed by atoms with van der Waals surface area (Å²) in [5, 5.41) is 2.70. The average Bonchev–Trinajstić information content (AvgIpc) is 2.90. The Morgan fingerprint density at radius 3 is 2.54 bits per heavy atom. The van der Waals surface area contributed by atoms with E-state index < -0.39 is 9.84 Å². The third-order valence-electron chi connectivity index (χ3n) is 4.17. The second-order valence-electron chi connectivity index (χ2n) is 6.01. The minimum Gasteiger partial charge on any atom is -0.473 e. The maximum atomic E-state index is 12.2. The number of ether oxygens (including phenoxy) is 1. The number of urea groups is 1. The summed E-state index contributed by atoms with van der Waals surface area (Å²) in [6, 6.07) is 7.27. The summed E-state index contributed by atoms with van der Waals surface area (Å²) in [6.45, 7) is 4.51. The van der Waals surface area contributed by atoms with Crippen LogP contribution in [0.4, 0.5) is 4.79 Å². The van der Waals surface area contributed by atoms with Gasteiger partial charge in [-0.2, -0.15) is 0 Å². The molecule has 2 amide bonds. The fourth-order valence-corrected chi connectivity index (χ4v) is 4.64. The van der Waals surface area contributed by atoms with Crippen LogP contribution in [0.3, 0.4) is 0 Å². The third kappa shape index (κ3) is 5.12. The molecule has 1 fully saturated rings. The summed E-state index contributed by atoms with van der Waals surface area (Å²) in [7, 11) is -3.01. The smallest absolute Gasteiger partial charge is 0.320 e. The highest BCUT2D eigenvalue weighted by Gasteiger charge is 2.33. The van der Waals surface area contributed by atoms with Gasteiger partial charge in [-0.25, -0.2) is 13.2 Å². The summed E-state index contributed by atoms with van der Waals surface area (Å²) >= 11 is 0. The van der Waals surface area contributed by atoms with Crippen molar-refractivity contribution in [3.05, 3.63) is 29.8 Å². The van der Waals surface area contributed by atoms with Crippen LogP contribution < -0.4 is 10.1 Å². The molecule has 1 aromatic carbocycles. The molecule has 1 N–H and O–H groups in total. The Morgan fingerprint density at radius 2 is 2.00 bits per heavy atom. The number of aryl methyl sites for hydroxylation is 1. The van der Waals surface area contributed by atoms with E-state index in [9.17, 15) is 13.2 Å². The molecule has 1 saturated heterocycles. The first-order valence-electron chi connectivity index (χ1n) is 8.41. The van der Waals surface area contributed by atoms with Gasteiger partial charge in [-0.3, -0.25) is 0 Å². The molecular weight excluding hydrogens is 328 g/mol. The van der Waals surface area contributed by atoms with Crippen molar-refractivity contribution >= 4 is 15.9 Å². The van der Waals surface area contributed by atoms with Crippen LogP contribution in [0.2, 0.25) is 0 Å². The molecule has 1 aliphatic rings. The Bertz CT molecular complexity index is 643. The number of rotatable bonds is 7. The Labute approximate surface area is 144 Å². The van der Waals surface area contributed by atoms with Crippen LogP contribution in [0.5, 0.6) is 5.75 Å². The van der Waals surface area contributed by atoms with Crippen LogP contribution in [-0.2, 0) is 16.3 Å². The van der Waals surface area contributed by atoms with Crippen LogP contribution in [0, 0.1) is 0 Å². The van der Waals surface area contributed by atoms with Gasteiger partial charge in [0.15, 0.2) is 16.6 Å². The number of carbonyl (C=O) groups excluding carboxylic acids is 1. The monoisotopic (exact) mass is 354 g/mol. The highest BCUT2D eigenvalue weighted by atomic mass is 32.2. The van der Waals surface area contributed by atoms with Gasteiger partial charge >= 0.3 is 6.03 Å². The summed E-state index contributed by atoms with van der Waals surface area (Å²) < 4.78 is 28.7. The first kappa shape index (κ1) is 18.6. The number of nitrogens with one attached hydrogen (secondary N) is 1. The summed E-state index contributed by atoms with van der Waals surface area (Å²) in [6.07, 6.45) is 2.64. The summed E-state index contributed by atoms with van der Waals surface area (Å²) in [5.41, 5.74) is 1.26. The Morgan fingerprint density at radius 1 is 1.29 bits per heavy atom. The van der Waals surface area contributed by atoms with Crippen LogP contribution in [0.25, 0.3) is 0 Å². The van der Waals surface area contributed by atoms with Gasteiger partial charge in [0, 0.05) is 12.6 Å². The fraction of sp³-hybridized carbons (Fsp3) is 0.588. The molecule has 0 saturated carbocycles. The van der Waals surface area contributed by atoms with Crippen LogP contribution in [-0.4, -0.2) is 50.2 Å². The molecule has 0 bridgehead atoms. The lowest BCUT2D eigenvalue weighted by atomic mass is 10.1. The second kappa shape index (κ2) is 8.37. The highest BCUT2D eigenvalue weighted by molar-refractivity contribution is 7.91. The quantitative estimate of drug-likeness (QED) is 0.762. The van der Waals surface area contributed by atoms with Gasteiger partial charge < -0.3 is 15.0 Å². The van der Waals surface area contributed by atoms with E-state index in [0.29, 0.717) is 18.7 Å². The number of hydrogen-bond acceptors (Lipinski definition) is 4. The molecule has 6 nitrogen and oxygen atoms in total. The van der Waals surface area contributed by atoms with Gasteiger partial charge in [-0.05, 0) is 37.5 Å². The van der Waals surface area contributed by atoms with E-state index >= 15 is 0 Å². The molecular formula is C17H26N2O4S. The number of hydrogen-bond donors (Lipinski definition) is 1. The van der Waals surface area contributed by atoms with Crippen LogP contribution >= 0.6 is 0 Å². The van der Waals surface area contributed by atoms with Gasteiger partial charge in [0.2, 0.25) is 0 Å². The van der Waals surface area contributed by atoms with Crippen molar-refractivity contribution in [1.82, 2.24) is 10.2 Å². The molecule has 2 rings (SSSR count). The van der Waals surface area contributed by atoms with Crippen molar-refractivity contribution in [2.24, 2.45) is 0 Å². The van der Waals surface area contributed by atoms with E-state index in [0.717, 1.165) is 12.8 Å².